The average molecular weight is 326 g/mol. The average Bonchev–Trinajstić information content (AvgIpc) is 2.20. The molecule has 0 saturated carbocycles. The Labute approximate surface area is 104 Å². The van der Waals surface area contributed by atoms with Crippen LogP contribution in [0.25, 0.3) is 0 Å². The molecule has 82 valence electrons. The van der Waals surface area contributed by atoms with Gasteiger partial charge in [-0.15, -0.1) is 0 Å². The zero-order valence-corrected chi connectivity index (χ0v) is 11.7. The van der Waals surface area contributed by atoms with E-state index in [1.165, 1.54) is 25.0 Å². The van der Waals surface area contributed by atoms with Gasteiger partial charge < -0.3 is 4.74 Å². The molecule has 0 aromatic rings. The fraction of sp³-hybridized carbons (Fsp3) is 0.818. The van der Waals surface area contributed by atoms with Gasteiger partial charge in [-0.1, -0.05) is 28.0 Å². The molecule has 0 aromatic heterocycles. The van der Waals surface area contributed by atoms with Gasteiger partial charge in [0.15, 0.2) is 0 Å². The first-order chi connectivity index (χ1) is 6.83. The van der Waals surface area contributed by atoms with Crippen molar-refractivity contribution in [2.75, 3.05) is 12.4 Å². The van der Waals surface area contributed by atoms with Crippen molar-refractivity contribution in [2.24, 2.45) is 5.92 Å². The van der Waals surface area contributed by atoms with Gasteiger partial charge in [-0.2, -0.15) is 0 Å². The minimum Gasteiger partial charge on any atom is -0.374 e. The van der Waals surface area contributed by atoms with Crippen LogP contribution in [0.4, 0.5) is 0 Å². The molecule has 1 aliphatic rings. The Kier molecular flexibility index (Phi) is 7.34. The summed E-state index contributed by atoms with van der Waals surface area (Å²) in [6.07, 6.45) is 9.90. The number of hydrogen-bond donors (Lipinski definition) is 0. The van der Waals surface area contributed by atoms with Crippen LogP contribution in [-0.4, -0.2) is 18.5 Å². The van der Waals surface area contributed by atoms with E-state index >= 15 is 0 Å². The van der Waals surface area contributed by atoms with Gasteiger partial charge in [-0.25, -0.2) is 0 Å². The Bertz CT molecular complexity index is 173. The number of halogens is 1. The largest absolute Gasteiger partial charge is 0.374 e. The van der Waals surface area contributed by atoms with E-state index in [2.05, 4.69) is 40.3 Å². The van der Waals surface area contributed by atoms with E-state index in [0.717, 1.165) is 18.9 Å². The van der Waals surface area contributed by atoms with Crippen molar-refractivity contribution >= 4 is 30.1 Å². The third kappa shape index (κ3) is 5.61. The lowest BCUT2D eigenvalue weighted by molar-refractivity contribution is 0.0500. The highest BCUT2D eigenvalue weighted by Gasteiger charge is 2.13. The van der Waals surface area contributed by atoms with E-state index in [1.54, 1.807) is 0 Å². The molecule has 0 bridgehead atoms. The van der Waals surface area contributed by atoms with Crippen LogP contribution in [0.1, 0.15) is 32.6 Å². The number of rotatable bonds is 6. The number of ether oxygens (including phenoxy) is 1. The van der Waals surface area contributed by atoms with E-state index in [1.807, 2.05) is 8.93 Å². The van der Waals surface area contributed by atoms with Gasteiger partial charge in [-0.05, 0) is 52.8 Å². The van der Waals surface area contributed by atoms with Crippen molar-refractivity contribution in [1.82, 2.24) is 0 Å². The fourth-order valence-corrected chi connectivity index (χ4v) is 3.00. The summed E-state index contributed by atoms with van der Waals surface area (Å²) < 4.78 is 5.66. The summed E-state index contributed by atoms with van der Waals surface area (Å²) in [7, 11) is 1.92. The van der Waals surface area contributed by atoms with Crippen LogP contribution in [0, 0.1) is 5.92 Å². The van der Waals surface area contributed by atoms with Crippen LogP contribution in [0.2, 0.25) is 0 Å². The van der Waals surface area contributed by atoms with E-state index in [9.17, 15) is 0 Å². The van der Waals surface area contributed by atoms with Crippen molar-refractivity contribution < 1.29 is 4.74 Å². The maximum Gasteiger partial charge on any atom is 0.0651 e. The summed E-state index contributed by atoms with van der Waals surface area (Å²) in [5, 5.41) is 0. The van der Waals surface area contributed by atoms with Crippen molar-refractivity contribution in [3.8, 4) is 0 Å². The van der Waals surface area contributed by atoms with Crippen LogP contribution >= 0.6 is 30.1 Å². The molecule has 0 aliphatic carbocycles. The van der Waals surface area contributed by atoms with E-state index in [4.69, 9.17) is 4.74 Å². The first kappa shape index (κ1) is 12.8. The molecular formula is C11H19IOS. The molecule has 2 atom stereocenters. The van der Waals surface area contributed by atoms with E-state index in [0.29, 0.717) is 6.10 Å². The molecule has 1 heterocycles. The molecule has 0 saturated heterocycles. The van der Waals surface area contributed by atoms with Crippen molar-refractivity contribution in [3.63, 3.8) is 0 Å². The third-order valence-corrected chi connectivity index (χ3v) is 4.34. The second-order valence-electron chi connectivity index (χ2n) is 3.96. The fourth-order valence-electron chi connectivity index (χ4n) is 1.79. The first-order valence-electron chi connectivity index (χ1n) is 5.33. The van der Waals surface area contributed by atoms with Gasteiger partial charge >= 0.3 is 0 Å². The molecule has 0 fully saturated rings. The molecule has 1 aliphatic heterocycles. The second kappa shape index (κ2) is 7.99. The standard InChI is InChI=1S/C11H19IOS/c1-10(5-4-8-14-12)9-11-6-2-3-7-13-11/h2-3,10-11H,4-9H2,1H3/t10-,11?/m0/s1. The first-order valence-corrected chi connectivity index (χ1v) is 8.86. The summed E-state index contributed by atoms with van der Waals surface area (Å²) >= 11 is 2.37. The minimum absolute atomic E-state index is 0.488. The normalized spacial score (nSPS) is 23.7. The lowest BCUT2D eigenvalue weighted by Crippen LogP contribution is -2.18. The molecule has 0 aromatic carbocycles. The second-order valence-corrected chi connectivity index (χ2v) is 6.45. The molecule has 0 amide bonds. The van der Waals surface area contributed by atoms with Crippen LogP contribution in [-0.2, 0) is 4.74 Å². The highest BCUT2D eigenvalue weighted by Crippen LogP contribution is 2.21. The smallest absolute Gasteiger partial charge is 0.0651 e. The molecular weight excluding hydrogens is 307 g/mol. The summed E-state index contributed by atoms with van der Waals surface area (Å²) in [6, 6.07) is 0. The molecule has 1 rings (SSSR count). The van der Waals surface area contributed by atoms with Gasteiger partial charge in [0, 0.05) is 5.75 Å². The maximum atomic E-state index is 5.66. The molecule has 0 radical (unpaired) electrons. The van der Waals surface area contributed by atoms with Gasteiger partial charge in [-0.3, -0.25) is 0 Å². The highest BCUT2D eigenvalue weighted by molar-refractivity contribution is 14.2. The Morgan fingerprint density at radius 1 is 1.57 bits per heavy atom. The van der Waals surface area contributed by atoms with Gasteiger partial charge in [0.1, 0.15) is 0 Å². The topological polar surface area (TPSA) is 9.23 Å². The molecule has 0 N–H and O–H groups in total. The zero-order chi connectivity index (χ0) is 10.2. The van der Waals surface area contributed by atoms with Gasteiger partial charge in [0.05, 0.1) is 12.7 Å². The van der Waals surface area contributed by atoms with Crippen LogP contribution in [0.15, 0.2) is 12.2 Å². The molecule has 3 heteroatoms. The highest BCUT2D eigenvalue weighted by atomic mass is 127. The van der Waals surface area contributed by atoms with Gasteiger partial charge in [0.25, 0.3) is 0 Å². The summed E-state index contributed by atoms with van der Waals surface area (Å²) in [6.45, 7) is 3.17. The lowest BCUT2D eigenvalue weighted by Gasteiger charge is -2.22. The predicted octanol–water partition coefficient (Wildman–Crippen LogP) is 4.22. The maximum absolute atomic E-state index is 5.66. The molecule has 1 unspecified atom stereocenters. The number of hydrogen-bond acceptors (Lipinski definition) is 2. The quantitative estimate of drug-likeness (QED) is 0.411. The Hall–Kier alpha value is 0.780. The van der Waals surface area contributed by atoms with Crippen LogP contribution in [0.5, 0.6) is 0 Å². The van der Waals surface area contributed by atoms with E-state index in [-0.39, 0.29) is 0 Å². The predicted molar refractivity (Wildman–Crippen MR) is 73.0 cm³/mol. The Balaban J connectivity index is 2.06. The Morgan fingerprint density at radius 2 is 2.43 bits per heavy atom. The van der Waals surface area contributed by atoms with Crippen LogP contribution in [0.3, 0.4) is 0 Å². The SMILES string of the molecule is C[C@@H](CCCSI)CC1CC=CCO1. The van der Waals surface area contributed by atoms with Gasteiger partial charge in [0.2, 0.25) is 0 Å². The zero-order valence-electron chi connectivity index (χ0n) is 8.75. The summed E-state index contributed by atoms with van der Waals surface area (Å²) in [5.74, 6) is 2.10. The monoisotopic (exact) mass is 326 g/mol. The molecule has 14 heavy (non-hydrogen) atoms. The van der Waals surface area contributed by atoms with Crippen molar-refractivity contribution in [1.29, 1.82) is 0 Å². The van der Waals surface area contributed by atoms with Crippen molar-refractivity contribution in [2.45, 2.75) is 38.7 Å². The molecule has 1 nitrogen and oxygen atoms in total. The third-order valence-electron chi connectivity index (χ3n) is 2.58. The van der Waals surface area contributed by atoms with Crippen molar-refractivity contribution in [3.05, 3.63) is 12.2 Å². The van der Waals surface area contributed by atoms with E-state index < -0.39 is 0 Å². The Morgan fingerprint density at radius 3 is 3.07 bits per heavy atom. The summed E-state index contributed by atoms with van der Waals surface area (Å²) in [5.41, 5.74) is 0. The summed E-state index contributed by atoms with van der Waals surface area (Å²) in [4.78, 5) is 0. The minimum atomic E-state index is 0.488. The molecule has 0 spiro atoms. The lowest BCUT2D eigenvalue weighted by atomic mass is 9.96. The van der Waals surface area contributed by atoms with Crippen LogP contribution < -0.4 is 0 Å².